The fraction of sp³-hybridized carbons (Fsp3) is 0.350. The first-order valence-corrected chi connectivity index (χ1v) is 9.13. The number of hydrogen-bond acceptors (Lipinski definition) is 4. The minimum atomic E-state index is -0.816. The number of guanidine groups is 1. The zero-order valence-corrected chi connectivity index (χ0v) is 18.2. The molecule has 0 bridgehead atoms. The molecule has 29 heavy (non-hydrogen) atoms. The Morgan fingerprint density at radius 1 is 1.00 bits per heavy atom. The van der Waals surface area contributed by atoms with Gasteiger partial charge in [-0.3, -0.25) is 4.99 Å². The van der Waals surface area contributed by atoms with Crippen LogP contribution >= 0.6 is 24.0 Å². The number of benzene rings is 2. The second-order valence-electron chi connectivity index (χ2n) is 6.57. The third-order valence-corrected chi connectivity index (χ3v) is 4.52. The van der Waals surface area contributed by atoms with Crippen molar-refractivity contribution >= 4 is 35.6 Å². The van der Waals surface area contributed by atoms with Crippen molar-refractivity contribution < 1.29 is 18.6 Å². The SMILES string of the molecule is I.NC(=NCC(O)COc1ccc(F)cc1)N1CCN(c2ccc(F)cc2)CC1. The molecule has 1 heterocycles. The van der Waals surface area contributed by atoms with Crippen LogP contribution in [0.4, 0.5) is 14.5 Å². The molecule has 0 saturated carbocycles. The van der Waals surface area contributed by atoms with E-state index in [2.05, 4.69) is 9.89 Å². The molecule has 1 aliphatic heterocycles. The van der Waals surface area contributed by atoms with Crippen LogP contribution in [0.2, 0.25) is 0 Å². The maximum Gasteiger partial charge on any atom is 0.191 e. The molecule has 9 heteroatoms. The summed E-state index contributed by atoms with van der Waals surface area (Å²) in [5.41, 5.74) is 7.02. The van der Waals surface area contributed by atoms with E-state index in [1.807, 2.05) is 4.90 Å². The molecule has 1 unspecified atom stereocenters. The van der Waals surface area contributed by atoms with Crippen LogP contribution in [-0.4, -0.2) is 61.4 Å². The highest BCUT2D eigenvalue weighted by molar-refractivity contribution is 14.0. The lowest BCUT2D eigenvalue weighted by Crippen LogP contribution is -2.51. The van der Waals surface area contributed by atoms with Gasteiger partial charge in [-0.25, -0.2) is 8.78 Å². The number of aliphatic hydroxyl groups is 1. The highest BCUT2D eigenvalue weighted by Gasteiger charge is 2.19. The van der Waals surface area contributed by atoms with Crippen LogP contribution in [0.1, 0.15) is 0 Å². The lowest BCUT2D eigenvalue weighted by molar-refractivity contribution is 0.114. The van der Waals surface area contributed by atoms with Gasteiger partial charge in [-0.1, -0.05) is 0 Å². The molecule has 1 aliphatic rings. The largest absolute Gasteiger partial charge is 0.491 e. The second-order valence-corrected chi connectivity index (χ2v) is 6.57. The summed E-state index contributed by atoms with van der Waals surface area (Å²) in [5, 5.41) is 10.0. The molecule has 2 aromatic carbocycles. The Bertz CT molecular complexity index is 782. The molecule has 0 radical (unpaired) electrons. The number of hydrogen-bond donors (Lipinski definition) is 2. The van der Waals surface area contributed by atoms with E-state index < -0.39 is 6.10 Å². The van der Waals surface area contributed by atoms with Crippen LogP contribution in [0.15, 0.2) is 53.5 Å². The molecule has 0 aliphatic carbocycles. The second kappa shape index (κ2) is 11.1. The number of ether oxygens (including phenoxy) is 1. The van der Waals surface area contributed by atoms with Crippen LogP contribution in [0.3, 0.4) is 0 Å². The first-order chi connectivity index (χ1) is 13.5. The van der Waals surface area contributed by atoms with Crippen LogP contribution in [0, 0.1) is 11.6 Å². The average molecular weight is 518 g/mol. The molecule has 1 saturated heterocycles. The molecule has 6 nitrogen and oxygen atoms in total. The highest BCUT2D eigenvalue weighted by Crippen LogP contribution is 2.17. The fourth-order valence-corrected chi connectivity index (χ4v) is 2.92. The summed E-state index contributed by atoms with van der Waals surface area (Å²) in [5.74, 6) is 0.263. The van der Waals surface area contributed by atoms with Crippen LogP contribution in [-0.2, 0) is 0 Å². The number of aliphatic hydroxyl groups excluding tert-OH is 1. The van der Waals surface area contributed by atoms with Crippen LogP contribution < -0.4 is 15.4 Å². The molecule has 0 amide bonds. The Balaban J connectivity index is 0.00000300. The number of rotatable bonds is 6. The van der Waals surface area contributed by atoms with Crippen molar-refractivity contribution in [3.05, 3.63) is 60.2 Å². The number of piperazine rings is 1. The predicted molar refractivity (Wildman–Crippen MR) is 120 cm³/mol. The molecule has 158 valence electrons. The van der Waals surface area contributed by atoms with Gasteiger partial charge in [-0.15, -0.1) is 24.0 Å². The van der Waals surface area contributed by atoms with Gasteiger partial charge in [0.25, 0.3) is 0 Å². The maximum atomic E-state index is 13.0. The minimum Gasteiger partial charge on any atom is -0.491 e. The Kier molecular flexibility index (Phi) is 8.90. The topological polar surface area (TPSA) is 74.3 Å². The number of halogens is 3. The van der Waals surface area contributed by atoms with E-state index in [0.717, 1.165) is 18.8 Å². The van der Waals surface area contributed by atoms with Crippen molar-refractivity contribution in [3.8, 4) is 5.75 Å². The standard InChI is InChI=1S/C20H24F2N4O2.HI/c21-15-1-5-17(6-2-15)25-9-11-26(12-10-25)20(23)24-13-18(27)14-28-19-7-3-16(22)4-8-19;/h1-8,18,27H,9-14H2,(H2,23,24);1H. The summed E-state index contributed by atoms with van der Waals surface area (Å²) >= 11 is 0. The van der Waals surface area contributed by atoms with Gasteiger partial charge in [-0.05, 0) is 48.5 Å². The van der Waals surface area contributed by atoms with Crippen molar-refractivity contribution in [1.29, 1.82) is 0 Å². The molecule has 3 rings (SSSR count). The van der Waals surface area contributed by atoms with Crippen molar-refractivity contribution in [1.82, 2.24) is 4.90 Å². The Morgan fingerprint density at radius 2 is 1.55 bits per heavy atom. The van der Waals surface area contributed by atoms with Gasteiger partial charge in [0.15, 0.2) is 5.96 Å². The molecule has 3 N–H and O–H groups in total. The van der Waals surface area contributed by atoms with Crippen molar-refractivity contribution in [2.24, 2.45) is 10.7 Å². The van der Waals surface area contributed by atoms with E-state index in [1.165, 1.54) is 36.4 Å². The summed E-state index contributed by atoms with van der Waals surface area (Å²) in [4.78, 5) is 8.36. The van der Waals surface area contributed by atoms with Gasteiger partial charge in [0.1, 0.15) is 30.1 Å². The summed E-state index contributed by atoms with van der Waals surface area (Å²) in [6.07, 6.45) is -0.816. The van der Waals surface area contributed by atoms with Gasteiger partial charge in [0, 0.05) is 31.9 Å². The number of aliphatic imine (C=N–C) groups is 1. The van der Waals surface area contributed by atoms with E-state index >= 15 is 0 Å². The first-order valence-electron chi connectivity index (χ1n) is 9.13. The molecule has 1 fully saturated rings. The number of nitrogens with two attached hydrogens (primary N) is 1. The van der Waals surface area contributed by atoms with Crippen LogP contribution in [0.5, 0.6) is 5.75 Å². The van der Waals surface area contributed by atoms with Gasteiger partial charge in [0.2, 0.25) is 0 Å². The zero-order chi connectivity index (χ0) is 19.9. The van der Waals surface area contributed by atoms with Crippen molar-refractivity contribution in [3.63, 3.8) is 0 Å². The van der Waals surface area contributed by atoms with E-state index in [0.29, 0.717) is 24.8 Å². The maximum absolute atomic E-state index is 13.0. The zero-order valence-electron chi connectivity index (χ0n) is 15.9. The third-order valence-electron chi connectivity index (χ3n) is 4.52. The van der Waals surface area contributed by atoms with Gasteiger partial charge < -0.3 is 25.4 Å². The fourth-order valence-electron chi connectivity index (χ4n) is 2.92. The molecular formula is C20H25F2IN4O2. The molecular weight excluding hydrogens is 493 g/mol. The third kappa shape index (κ3) is 7.00. The summed E-state index contributed by atoms with van der Waals surface area (Å²) in [7, 11) is 0. The number of nitrogens with zero attached hydrogens (tertiary/aromatic N) is 3. The van der Waals surface area contributed by atoms with Gasteiger partial charge in [-0.2, -0.15) is 0 Å². The minimum absolute atomic E-state index is 0. The predicted octanol–water partition coefficient (Wildman–Crippen LogP) is 2.46. The summed E-state index contributed by atoms with van der Waals surface area (Å²) in [6, 6.07) is 12.0. The first kappa shape index (κ1) is 23.1. The van der Waals surface area contributed by atoms with E-state index in [9.17, 15) is 13.9 Å². The van der Waals surface area contributed by atoms with Crippen molar-refractivity contribution in [2.75, 3.05) is 44.2 Å². The monoisotopic (exact) mass is 518 g/mol. The Morgan fingerprint density at radius 3 is 2.14 bits per heavy atom. The number of anilines is 1. The van der Waals surface area contributed by atoms with E-state index in [1.54, 1.807) is 12.1 Å². The quantitative estimate of drug-likeness (QED) is 0.350. The lowest BCUT2D eigenvalue weighted by Gasteiger charge is -2.36. The average Bonchev–Trinajstić information content (AvgIpc) is 2.72. The normalized spacial score (nSPS) is 15.6. The summed E-state index contributed by atoms with van der Waals surface area (Å²) < 4.78 is 31.3. The molecule has 2 aromatic rings. The summed E-state index contributed by atoms with van der Waals surface area (Å²) in [6.45, 7) is 3.03. The van der Waals surface area contributed by atoms with Crippen molar-refractivity contribution in [2.45, 2.75) is 6.10 Å². The Labute approximate surface area is 186 Å². The molecule has 1 atom stereocenters. The highest BCUT2D eigenvalue weighted by atomic mass is 127. The van der Waals surface area contributed by atoms with Gasteiger partial charge in [0.05, 0.1) is 6.54 Å². The smallest absolute Gasteiger partial charge is 0.191 e. The van der Waals surface area contributed by atoms with Crippen LogP contribution in [0.25, 0.3) is 0 Å². The molecule has 0 spiro atoms. The lowest BCUT2D eigenvalue weighted by atomic mass is 10.2. The molecule has 0 aromatic heterocycles. The van der Waals surface area contributed by atoms with E-state index in [-0.39, 0.29) is 48.8 Å². The van der Waals surface area contributed by atoms with Gasteiger partial charge >= 0.3 is 0 Å². The van der Waals surface area contributed by atoms with E-state index in [4.69, 9.17) is 10.5 Å². The Hall–Kier alpha value is -2.14.